The fourth-order valence-electron chi connectivity index (χ4n) is 5.02. The number of aromatic amines is 1. The van der Waals surface area contributed by atoms with E-state index in [4.69, 9.17) is 22.1 Å². The van der Waals surface area contributed by atoms with Gasteiger partial charge in [0.15, 0.2) is 5.15 Å². The van der Waals surface area contributed by atoms with Gasteiger partial charge in [-0.05, 0) is 41.2 Å². The molecule has 198 valence electrons. The third-order valence-corrected chi connectivity index (χ3v) is 7.52. The van der Waals surface area contributed by atoms with Crippen LogP contribution in [0.5, 0.6) is 0 Å². The van der Waals surface area contributed by atoms with E-state index in [9.17, 15) is 4.79 Å². The molecule has 1 aliphatic carbocycles. The first-order valence-electron chi connectivity index (χ1n) is 13.1. The van der Waals surface area contributed by atoms with E-state index in [1.54, 1.807) is 0 Å². The second-order valence-electron chi connectivity index (χ2n) is 9.87. The molecule has 1 aliphatic rings. The number of imidazole rings is 1. The lowest BCUT2D eigenvalue weighted by Crippen LogP contribution is -2.46. The van der Waals surface area contributed by atoms with E-state index < -0.39 is 5.54 Å². The van der Waals surface area contributed by atoms with Crippen LogP contribution in [0.1, 0.15) is 62.5 Å². The van der Waals surface area contributed by atoms with Crippen LogP contribution in [-0.2, 0) is 29.1 Å². The molecule has 4 aromatic rings. The highest BCUT2D eigenvalue weighted by Crippen LogP contribution is 2.31. The third-order valence-electron chi connectivity index (χ3n) is 7.22. The second kappa shape index (κ2) is 11.4. The Morgan fingerprint density at radius 1 is 1.13 bits per heavy atom. The number of carbonyl (C=O) groups is 1. The number of benzene rings is 2. The monoisotopic (exact) mass is 533 g/mol. The number of nitrogens with zero attached hydrogens (tertiary/aromatic N) is 5. The summed E-state index contributed by atoms with van der Waals surface area (Å²) in [5.41, 5.74) is 10.1. The Labute approximate surface area is 226 Å². The molecule has 0 aliphatic heterocycles. The predicted molar refractivity (Wildman–Crippen MR) is 145 cm³/mol. The van der Waals surface area contributed by atoms with Crippen LogP contribution < -0.4 is 5.73 Å². The molecule has 0 amide bonds. The molecule has 0 spiro atoms. The maximum atomic E-state index is 12.8. The van der Waals surface area contributed by atoms with Crippen molar-refractivity contribution in [2.75, 3.05) is 0 Å². The SMILES string of the molecule is CCCCc1nc(Cl)c(COC(=O)C2(N)CCCC2)n1Cc1ccc(-c2ccccc2-c2nn[nH]n2)cc1. The number of ether oxygens (including phenoxy) is 1. The van der Waals surface area contributed by atoms with Crippen LogP contribution in [0.25, 0.3) is 22.5 Å². The zero-order valence-electron chi connectivity index (χ0n) is 21.5. The molecule has 1 saturated carbocycles. The number of hydrogen-bond acceptors (Lipinski definition) is 7. The number of unbranched alkanes of at least 4 members (excludes halogenated alkanes) is 1. The standard InChI is InChI=1S/C28H32ClN7O2/c1-2-3-10-24-31-25(29)23(18-38-27(37)28(30)15-6-7-16-28)36(24)17-19-11-13-20(14-12-19)21-8-4-5-9-22(21)26-32-34-35-33-26/h4-5,8-9,11-14H,2-3,6-7,10,15-18,30H2,1H3,(H,32,33,34,35). The number of esters is 1. The normalized spacial score (nSPS) is 14.6. The van der Waals surface area contributed by atoms with E-state index in [1.165, 1.54) is 0 Å². The van der Waals surface area contributed by atoms with Gasteiger partial charge in [0.1, 0.15) is 18.0 Å². The Hall–Kier alpha value is -3.56. The lowest BCUT2D eigenvalue weighted by Gasteiger charge is -2.21. The van der Waals surface area contributed by atoms with Gasteiger partial charge in [-0.2, -0.15) is 5.21 Å². The number of aryl methyl sites for hydroxylation is 1. The number of aromatic nitrogens is 6. The topological polar surface area (TPSA) is 125 Å². The predicted octanol–water partition coefficient (Wildman–Crippen LogP) is 5.09. The molecular formula is C28H32ClN7O2. The molecule has 5 rings (SSSR count). The first-order valence-corrected chi connectivity index (χ1v) is 13.5. The quantitative estimate of drug-likeness (QED) is 0.272. The third kappa shape index (κ3) is 5.49. The largest absolute Gasteiger partial charge is 0.458 e. The maximum Gasteiger partial charge on any atom is 0.326 e. The van der Waals surface area contributed by atoms with Crippen LogP contribution in [0.3, 0.4) is 0 Å². The first-order chi connectivity index (χ1) is 18.5. The molecule has 0 saturated heterocycles. The van der Waals surface area contributed by atoms with Gasteiger partial charge in [0.25, 0.3) is 0 Å². The number of carbonyl (C=O) groups excluding carboxylic acids is 1. The van der Waals surface area contributed by atoms with Crippen LogP contribution in [0.15, 0.2) is 48.5 Å². The molecule has 2 heterocycles. The van der Waals surface area contributed by atoms with E-state index in [1.807, 2.05) is 24.3 Å². The van der Waals surface area contributed by atoms with Crippen LogP contribution >= 0.6 is 11.6 Å². The highest BCUT2D eigenvalue weighted by Gasteiger charge is 2.38. The van der Waals surface area contributed by atoms with Crippen molar-refractivity contribution in [2.45, 2.75) is 70.6 Å². The molecule has 2 aromatic heterocycles. The summed E-state index contributed by atoms with van der Waals surface area (Å²) in [7, 11) is 0. The smallest absolute Gasteiger partial charge is 0.326 e. The summed E-state index contributed by atoms with van der Waals surface area (Å²) in [4.78, 5) is 17.4. The first kappa shape index (κ1) is 26.1. The van der Waals surface area contributed by atoms with Gasteiger partial charge in [0, 0.05) is 18.5 Å². The van der Waals surface area contributed by atoms with Crippen LogP contribution in [0.2, 0.25) is 5.15 Å². The minimum Gasteiger partial charge on any atom is -0.458 e. The molecule has 3 N–H and O–H groups in total. The Morgan fingerprint density at radius 2 is 1.87 bits per heavy atom. The summed E-state index contributed by atoms with van der Waals surface area (Å²) in [5, 5.41) is 14.9. The van der Waals surface area contributed by atoms with Gasteiger partial charge in [-0.3, -0.25) is 4.79 Å². The fraction of sp³-hybridized carbons (Fsp3) is 0.393. The van der Waals surface area contributed by atoms with Gasteiger partial charge >= 0.3 is 5.97 Å². The average Bonchev–Trinajstić information content (AvgIpc) is 3.69. The summed E-state index contributed by atoms with van der Waals surface area (Å²) in [5.74, 6) is 1.07. The lowest BCUT2D eigenvalue weighted by atomic mass is 9.98. The van der Waals surface area contributed by atoms with E-state index in [0.717, 1.165) is 60.2 Å². The van der Waals surface area contributed by atoms with Crippen molar-refractivity contribution in [1.29, 1.82) is 0 Å². The second-order valence-corrected chi connectivity index (χ2v) is 10.2. The van der Waals surface area contributed by atoms with E-state index in [0.29, 0.717) is 36.1 Å². The molecule has 1 fully saturated rings. The van der Waals surface area contributed by atoms with Crippen molar-refractivity contribution >= 4 is 17.6 Å². The van der Waals surface area contributed by atoms with Crippen molar-refractivity contribution in [3.8, 4) is 22.5 Å². The number of H-pyrrole nitrogens is 1. The molecule has 0 radical (unpaired) electrons. The summed E-state index contributed by atoms with van der Waals surface area (Å²) in [6.07, 6.45) is 6.03. The van der Waals surface area contributed by atoms with E-state index >= 15 is 0 Å². The number of rotatable bonds is 10. The Bertz CT molecular complexity index is 1380. The van der Waals surface area contributed by atoms with Crippen molar-refractivity contribution < 1.29 is 9.53 Å². The molecule has 10 heteroatoms. The number of hydrogen-bond donors (Lipinski definition) is 2. The Kier molecular flexibility index (Phi) is 7.85. The van der Waals surface area contributed by atoms with Crippen molar-refractivity contribution in [3.63, 3.8) is 0 Å². The molecule has 2 aromatic carbocycles. The molecule has 0 bridgehead atoms. The van der Waals surface area contributed by atoms with Crippen molar-refractivity contribution in [3.05, 3.63) is 70.8 Å². The number of nitrogens with one attached hydrogen (secondary N) is 1. The zero-order chi connectivity index (χ0) is 26.5. The van der Waals surface area contributed by atoms with E-state index in [2.05, 4.69) is 61.4 Å². The van der Waals surface area contributed by atoms with Crippen LogP contribution in [0.4, 0.5) is 0 Å². The molecule has 9 nitrogen and oxygen atoms in total. The maximum absolute atomic E-state index is 12.8. The van der Waals surface area contributed by atoms with Crippen molar-refractivity contribution in [2.24, 2.45) is 5.73 Å². The zero-order valence-corrected chi connectivity index (χ0v) is 22.2. The van der Waals surface area contributed by atoms with Gasteiger partial charge in [0.05, 0.1) is 5.69 Å². The molecule has 38 heavy (non-hydrogen) atoms. The fourth-order valence-corrected chi connectivity index (χ4v) is 5.28. The summed E-state index contributed by atoms with van der Waals surface area (Å²) in [6, 6.07) is 16.3. The number of nitrogens with two attached hydrogens (primary N) is 1. The van der Waals surface area contributed by atoms with Gasteiger partial charge < -0.3 is 15.0 Å². The molecule has 0 unspecified atom stereocenters. The van der Waals surface area contributed by atoms with Gasteiger partial charge in [-0.1, -0.05) is 86.3 Å². The Morgan fingerprint density at radius 3 is 2.55 bits per heavy atom. The van der Waals surface area contributed by atoms with Crippen LogP contribution in [-0.4, -0.2) is 41.7 Å². The van der Waals surface area contributed by atoms with Gasteiger partial charge in [0.2, 0.25) is 5.82 Å². The number of halogens is 1. The van der Waals surface area contributed by atoms with Gasteiger partial charge in [-0.15, -0.1) is 10.2 Å². The lowest BCUT2D eigenvalue weighted by molar-refractivity contribution is -0.151. The average molecular weight is 534 g/mol. The van der Waals surface area contributed by atoms with Gasteiger partial charge in [-0.25, -0.2) is 4.98 Å². The Balaban J connectivity index is 1.38. The summed E-state index contributed by atoms with van der Waals surface area (Å²) >= 11 is 6.57. The van der Waals surface area contributed by atoms with Crippen LogP contribution in [0, 0.1) is 0 Å². The minimum atomic E-state index is -0.893. The highest BCUT2D eigenvalue weighted by atomic mass is 35.5. The molecule has 0 atom stereocenters. The minimum absolute atomic E-state index is 0.0475. The summed E-state index contributed by atoms with van der Waals surface area (Å²) < 4.78 is 7.76. The molecular weight excluding hydrogens is 502 g/mol. The van der Waals surface area contributed by atoms with Crippen molar-refractivity contribution in [1.82, 2.24) is 30.2 Å². The number of tetrazole rings is 1. The highest BCUT2D eigenvalue weighted by molar-refractivity contribution is 6.30. The van der Waals surface area contributed by atoms with E-state index in [-0.39, 0.29) is 12.6 Å². The summed E-state index contributed by atoms with van der Waals surface area (Å²) in [6.45, 7) is 2.75.